The smallest absolute Gasteiger partial charge is 0.103 e. The lowest BCUT2D eigenvalue weighted by atomic mass is 10.2. The molecule has 0 spiro atoms. The molecule has 0 bridgehead atoms. The van der Waals surface area contributed by atoms with Crippen LogP contribution in [0.25, 0.3) is 0 Å². The van der Waals surface area contributed by atoms with E-state index >= 15 is 0 Å². The maximum atomic E-state index is 9.10. The van der Waals surface area contributed by atoms with Crippen LogP contribution in [0.15, 0.2) is 35.5 Å². The standard InChI is InChI=1S/C9H12O2/c1-2-8(10)5-6-9-4-3-7-11-9/h2-4,7-8,10H,1,5-6H2. The highest BCUT2D eigenvalue weighted by Gasteiger charge is 2.00. The molecular formula is C9H12O2. The molecule has 0 aromatic carbocycles. The summed E-state index contributed by atoms with van der Waals surface area (Å²) in [6.45, 7) is 3.48. The number of hydrogen-bond donors (Lipinski definition) is 1. The summed E-state index contributed by atoms with van der Waals surface area (Å²) in [5.74, 6) is 0.908. The van der Waals surface area contributed by atoms with E-state index in [-0.39, 0.29) is 0 Å². The molecular weight excluding hydrogens is 140 g/mol. The van der Waals surface area contributed by atoms with Gasteiger partial charge in [-0.15, -0.1) is 6.58 Å². The second-order valence-electron chi connectivity index (χ2n) is 2.42. The second kappa shape index (κ2) is 3.98. The molecule has 1 aromatic heterocycles. The Kier molecular flexibility index (Phi) is 2.93. The zero-order valence-electron chi connectivity index (χ0n) is 6.36. The number of aryl methyl sites for hydroxylation is 1. The lowest BCUT2D eigenvalue weighted by Crippen LogP contribution is -2.02. The Labute approximate surface area is 66.2 Å². The van der Waals surface area contributed by atoms with Crippen molar-refractivity contribution in [2.45, 2.75) is 18.9 Å². The van der Waals surface area contributed by atoms with Gasteiger partial charge in [0.15, 0.2) is 0 Å². The first-order valence-electron chi connectivity index (χ1n) is 3.66. The van der Waals surface area contributed by atoms with Crippen molar-refractivity contribution in [2.75, 3.05) is 0 Å². The van der Waals surface area contributed by atoms with E-state index in [9.17, 15) is 0 Å². The molecule has 1 aromatic rings. The molecule has 60 valence electrons. The van der Waals surface area contributed by atoms with E-state index in [1.165, 1.54) is 6.08 Å². The van der Waals surface area contributed by atoms with Gasteiger partial charge < -0.3 is 9.52 Å². The molecule has 0 aliphatic carbocycles. The zero-order valence-corrected chi connectivity index (χ0v) is 6.36. The van der Waals surface area contributed by atoms with E-state index < -0.39 is 6.10 Å². The Morgan fingerprint density at radius 3 is 3.09 bits per heavy atom. The quantitative estimate of drug-likeness (QED) is 0.667. The number of aliphatic hydroxyl groups is 1. The molecule has 0 amide bonds. The largest absolute Gasteiger partial charge is 0.469 e. The number of furan rings is 1. The van der Waals surface area contributed by atoms with Crippen LogP contribution in [-0.4, -0.2) is 11.2 Å². The van der Waals surface area contributed by atoms with Gasteiger partial charge in [-0.05, 0) is 18.6 Å². The third-order valence-electron chi connectivity index (χ3n) is 1.54. The summed E-state index contributed by atoms with van der Waals surface area (Å²) >= 11 is 0. The van der Waals surface area contributed by atoms with Crippen LogP contribution in [0, 0.1) is 0 Å². The summed E-state index contributed by atoms with van der Waals surface area (Å²) in [6, 6.07) is 3.74. The average Bonchev–Trinajstić information content (AvgIpc) is 2.52. The summed E-state index contributed by atoms with van der Waals surface area (Å²) < 4.78 is 5.08. The maximum Gasteiger partial charge on any atom is 0.103 e. The minimum atomic E-state index is -0.417. The van der Waals surface area contributed by atoms with Gasteiger partial charge in [-0.25, -0.2) is 0 Å². The molecule has 0 aliphatic heterocycles. The van der Waals surface area contributed by atoms with Crippen molar-refractivity contribution in [3.63, 3.8) is 0 Å². The van der Waals surface area contributed by atoms with Crippen LogP contribution in [-0.2, 0) is 6.42 Å². The summed E-state index contributed by atoms with van der Waals surface area (Å²) in [6.07, 6.45) is 4.19. The van der Waals surface area contributed by atoms with Gasteiger partial charge in [-0.1, -0.05) is 6.08 Å². The van der Waals surface area contributed by atoms with Crippen molar-refractivity contribution >= 4 is 0 Å². The molecule has 0 radical (unpaired) electrons. The van der Waals surface area contributed by atoms with Gasteiger partial charge in [0.25, 0.3) is 0 Å². The minimum absolute atomic E-state index is 0.417. The average molecular weight is 152 g/mol. The van der Waals surface area contributed by atoms with E-state index in [0.29, 0.717) is 6.42 Å². The van der Waals surface area contributed by atoms with E-state index in [4.69, 9.17) is 9.52 Å². The van der Waals surface area contributed by atoms with Crippen molar-refractivity contribution in [1.82, 2.24) is 0 Å². The number of rotatable bonds is 4. The maximum absolute atomic E-state index is 9.10. The molecule has 0 saturated carbocycles. The monoisotopic (exact) mass is 152 g/mol. The van der Waals surface area contributed by atoms with Gasteiger partial charge in [0.2, 0.25) is 0 Å². The van der Waals surface area contributed by atoms with Gasteiger partial charge in [0, 0.05) is 6.42 Å². The van der Waals surface area contributed by atoms with E-state index in [2.05, 4.69) is 6.58 Å². The fraction of sp³-hybridized carbons (Fsp3) is 0.333. The van der Waals surface area contributed by atoms with Crippen LogP contribution in [0.3, 0.4) is 0 Å². The molecule has 1 unspecified atom stereocenters. The Morgan fingerprint density at radius 1 is 1.73 bits per heavy atom. The van der Waals surface area contributed by atoms with Crippen LogP contribution in [0.4, 0.5) is 0 Å². The van der Waals surface area contributed by atoms with Gasteiger partial charge >= 0.3 is 0 Å². The number of aliphatic hydroxyl groups excluding tert-OH is 1. The highest BCUT2D eigenvalue weighted by Crippen LogP contribution is 2.05. The molecule has 1 atom stereocenters. The Bertz CT molecular complexity index is 201. The van der Waals surface area contributed by atoms with E-state index in [1.54, 1.807) is 6.26 Å². The van der Waals surface area contributed by atoms with Crippen molar-refractivity contribution in [2.24, 2.45) is 0 Å². The minimum Gasteiger partial charge on any atom is -0.469 e. The third kappa shape index (κ3) is 2.60. The highest BCUT2D eigenvalue weighted by atomic mass is 16.3. The Hall–Kier alpha value is -1.02. The van der Waals surface area contributed by atoms with Crippen LogP contribution >= 0.6 is 0 Å². The zero-order chi connectivity index (χ0) is 8.10. The molecule has 11 heavy (non-hydrogen) atoms. The molecule has 1 N–H and O–H groups in total. The summed E-state index contributed by atoms with van der Waals surface area (Å²) in [5.41, 5.74) is 0. The predicted molar refractivity (Wildman–Crippen MR) is 43.2 cm³/mol. The van der Waals surface area contributed by atoms with Crippen LogP contribution in [0.5, 0.6) is 0 Å². The predicted octanol–water partition coefficient (Wildman–Crippen LogP) is 1.76. The molecule has 2 nitrogen and oxygen atoms in total. The highest BCUT2D eigenvalue weighted by molar-refractivity contribution is 4.98. The molecule has 0 fully saturated rings. The summed E-state index contributed by atoms with van der Waals surface area (Å²) in [7, 11) is 0. The normalized spacial score (nSPS) is 12.8. The van der Waals surface area contributed by atoms with E-state index in [0.717, 1.165) is 12.2 Å². The van der Waals surface area contributed by atoms with E-state index in [1.807, 2.05) is 12.1 Å². The first-order valence-corrected chi connectivity index (χ1v) is 3.66. The third-order valence-corrected chi connectivity index (χ3v) is 1.54. The molecule has 1 heterocycles. The first kappa shape index (κ1) is 8.08. The SMILES string of the molecule is C=CC(O)CCc1ccco1. The lowest BCUT2D eigenvalue weighted by molar-refractivity contribution is 0.210. The second-order valence-corrected chi connectivity index (χ2v) is 2.42. The number of hydrogen-bond acceptors (Lipinski definition) is 2. The molecule has 0 saturated heterocycles. The van der Waals surface area contributed by atoms with Crippen molar-refractivity contribution in [1.29, 1.82) is 0 Å². The van der Waals surface area contributed by atoms with Crippen LogP contribution in [0.1, 0.15) is 12.2 Å². The van der Waals surface area contributed by atoms with Crippen molar-refractivity contribution < 1.29 is 9.52 Å². The fourth-order valence-electron chi connectivity index (χ4n) is 0.863. The van der Waals surface area contributed by atoms with Crippen LogP contribution < -0.4 is 0 Å². The lowest BCUT2D eigenvalue weighted by Gasteiger charge is -2.01. The summed E-state index contributed by atoms with van der Waals surface area (Å²) in [5, 5.41) is 9.10. The summed E-state index contributed by atoms with van der Waals surface area (Å²) in [4.78, 5) is 0. The van der Waals surface area contributed by atoms with Gasteiger partial charge in [0.1, 0.15) is 5.76 Å². The van der Waals surface area contributed by atoms with Crippen LogP contribution in [0.2, 0.25) is 0 Å². The topological polar surface area (TPSA) is 33.4 Å². The molecule has 1 rings (SSSR count). The Morgan fingerprint density at radius 2 is 2.55 bits per heavy atom. The van der Waals surface area contributed by atoms with Gasteiger partial charge in [-0.3, -0.25) is 0 Å². The van der Waals surface area contributed by atoms with Gasteiger partial charge in [0.05, 0.1) is 12.4 Å². The fourth-order valence-corrected chi connectivity index (χ4v) is 0.863. The van der Waals surface area contributed by atoms with Gasteiger partial charge in [-0.2, -0.15) is 0 Å². The van der Waals surface area contributed by atoms with Crippen molar-refractivity contribution in [3.05, 3.63) is 36.8 Å². The molecule has 0 aliphatic rings. The Balaban J connectivity index is 2.28. The van der Waals surface area contributed by atoms with Crippen molar-refractivity contribution in [3.8, 4) is 0 Å². The molecule has 2 heteroatoms. The first-order chi connectivity index (χ1) is 5.33.